The Morgan fingerprint density at radius 2 is 1.88 bits per heavy atom. The lowest BCUT2D eigenvalue weighted by molar-refractivity contribution is -0.125. The second-order valence-electron chi connectivity index (χ2n) is 6.56. The summed E-state index contributed by atoms with van der Waals surface area (Å²) in [4.78, 5) is 25.0. The van der Waals surface area contributed by atoms with E-state index in [1.165, 1.54) is 25.7 Å². The van der Waals surface area contributed by atoms with Gasteiger partial charge < -0.3 is 16.4 Å². The Balaban J connectivity index is 0.00000312. The molecular weight excluding hydrogens is 358 g/mol. The van der Waals surface area contributed by atoms with Crippen LogP contribution in [-0.2, 0) is 9.59 Å². The zero-order valence-electron chi connectivity index (χ0n) is 14.8. The van der Waals surface area contributed by atoms with Crippen molar-refractivity contribution in [3.05, 3.63) is 24.3 Å². The molecule has 1 fully saturated rings. The van der Waals surface area contributed by atoms with Crippen molar-refractivity contribution in [2.45, 2.75) is 55.7 Å². The molecule has 1 aromatic rings. The number of carbonyl (C=O) groups excluding carboxylic acids is 2. The Hall–Kier alpha value is -1.24. The minimum absolute atomic E-state index is 0. The van der Waals surface area contributed by atoms with Gasteiger partial charge in [0.2, 0.25) is 11.8 Å². The Labute approximate surface area is 160 Å². The zero-order chi connectivity index (χ0) is 17.5. The SMILES string of the molecule is CC(C)[C@H](N)C(=O)NCC(=O)Nc1ccccc1SC1CCCC1.Cl. The first-order valence-corrected chi connectivity index (χ1v) is 9.44. The lowest BCUT2D eigenvalue weighted by Crippen LogP contribution is -2.46. The summed E-state index contributed by atoms with van der Waals surface area (Å²) in [6, 6.07) is 7.23. The number of para-hydroxylation sites is 1. The van der Waals surface area contributed by atoms with Gasteiger partial charge in [0, 0.05) is 10.1 Å². The van der Waals surface area contributed by atoms with Gasteiger partial charge >= 0.3 is 0 Å². The molecule has 0 bridgehead atoms. The molecular formula is C18H28ClN3O2S. The molecule has 0 radical (unpaired) electrons. The Morgan fingerprint density at radius 1 is 1.24 bits per heavy atom. The van der Waals surface area contributed by atoms with Crippen LogP contribution in [0, 0.1) is 5.92 Å². The van der Waals surface area contributed by atoms with Gasteiger partial charge in [0.15, 0.2) is 0 Å². The van der Waals surface area contributed by atoms with Crippen LogP contribution < -0.4 is 16.4 Å². The van der Waals surface area contributed by atoms with Crippen LogP contribution in [0.25, 0.3) is 0 Å². The molecule has 1 aromatic carbocycles. The van der Waals surface area contributed by atoms with Crippen molar-refractivity contribution in [3.63, 3.8) is 0 Å². The van der Waals surface area contributed by atoms with Crippen molar-refractivity contribution in [2.24, 2.45) is 11.7 Å². The molecule has 5 nitrogen and oxygen atoms in total. The van der Waals surface area contributed by atoms with E-state index in [0.717, 1.165) is 10.6 Å². The highest BCUT2D eigenvalue weighted by atomic mass is 35.5. The van der Waals surface area contributed by atoms with Gasteiger partial charge in [-0.3, -0.25) is 9.59 Å². The summed E-state index contributed by atoms with van der Waals surface area (Å²) in [7, 11) is 0. The number of carbonyl (C=O) groups is 2. The van der Waals surface area contributed by atoms with E-state index in [1.807, 2.05) is 49.9 Å². The maximum absolute atomic E-state index is 12.1. The van der Waals surface area contributed by atoms with Crippen molar-refractivity contribution in [1.82, 2.24) is 5.32 Å². The summed E-state index contributed by atoms with van der Waals surface area (Å²) in [5.41, 5.74) is 6.57. The lowest BCUT2D eigenvalue weighted by Gasteiger charge is -2.16. The predicted octanol–water partition coefficient (Wildman–Crippen LogP) is 3.18. The van der Waals surface area contributed by atoms with Gasteiger partial charge in [-0.1, -0.05) is 38.8 Å². The number of anilines is 1. The first-order valence-electron chi connectivity index (χ1n) is 8.56. The van der Waals surface area contributed by atoms with Gasteiger partial charge in [-0.05, 0) is 30.9 Å². The fourth-order valence-electron chi connectivity index (χ4n) is 2.64. The lowest BCUT2D eigenvalue weighted by atomic mass is 10.1. The number of halogens is 1. The molecule has 1 atom stereocenters. The van der Waals surface area contributed by atoms with Crippen LogP contribution in [0.1, 0.15) is 39.5 Å². The molecule has 0 aromatic heterocycles. The number of nitrogens with one attached hydrogen (secondary N) is 2. The molecule has 1 aliphatic carbocycles. The standard InChI is InChI=1S/C18H27N3O2S.ClH/c1-12(2)17(19)18(23)20-11-16(22)21-14-9-5-6-10-15(14)24-13-7-3-4-8-13;/h5-6,9-10,12-13,17H,3-4,7-8,11,19H2,1-2H3,(H,20,23)(H,21,22);1H/t17-;/m0./s1. The highest BCUT2D eigenvalue weighted by molar-refractivity contribution is 8.00. The van der Waals surface area contributed by atoms with Crippen molar-refractivity contribution >= 4 is 41.7 Å². The second-order valence-corrected chi connectivity index (χ2v) is 7.90. The van der Waals surface area contributed by atoms with Gasteiger partial charge in [-0.2, -0.15) is 0 Å². The van der Waals surface area contributed by atoms with Crippen molar-refractivity contribution < 1.29 is 9.59 Å². The number of hydrogen-bond acceptors (Lipinski definition) is 4. The molecule has 0 heterocycles. The van der Waals surface area contributed by atoms with E-state index in [4.69, 9.17) is 5.73 Å². The molecule has 4 N–H and O–H groups in total. The second kappa shape index (κ2) is 10.7. The normalized spacial score (nSPS) is 15.5. The van der Waals surface area contributed by atoms with Crippen molar-refractivity contribution in [1.29, 1.82) is 0 Å². The van der Waals surface area contributed by atoms with Crippen LogP contribution in [0.2, 0.25) is 0 Å². The molecule has 25 heavy (non-hydrogen) atoms. The number of hydrogen-bond donors (Lipinski definition) is 3. The molecule has 140 valence electrons. The van der Waals surface area contributed by atoms with Crippen molar-refractivity contribution in [3.8, 4) is 0 Å². The first kappa shape index (κ1) is 21.8. The van der Waals surface area contributed by atoms with Crippen LogP contribution in [0.3, 0.4) is 0 Å². The molecule has 0 unspecified atom stereocenters. The predicted molar refractivity (Wildman–Crippen MR) is 106 cm³/mol. The third kappa shape index (κ3) is 6.88. The summed E-state index contributed by atoms with van der Waals surface area (Å²) in [6.07, 6.45) is 5.04. The summed E-state index contributed by atoms with van der Waals surface area (Å²) in [6.45, 7) is 3.68. The summed E-state index contributed by atoms with van der Waals surface area (Å²) >= 11 is 1.83. The number of amides is 2. The fraction of sp³-hybridized carbons (Fsp3) is 0.556. The first-order chi connectivity index (χ1) is 11.5. The third-order valence-electron chi connectivity index (χ3n) is 4.20. The highest BCUT2D eigenvalue weighted by Gasteiger charge is 2.19. The van der Waals surface area contributed by atoms with Gasteiger partial charge in [-0.25, -0.2) is 0 Å². The fourth-order valence-corrected chi connectivity index (χ4v) is 3.97. The summed E-state index contributed by atoms with van der Waals surface area (Å²) in [5.74, 6) is -0.496. The number of nitrogens with two attached hydrogens (primary N) is 1. The monoisotopic (exact) mass is 385 g/mol. The largest absolute Gasteiger partial charge is 0.346 e. The summed E-state index contributed by atoms with van der Waals surface area (Å²) in [5, 5.41) is 6.12. The average molecular weight is 386 g/mol. The van der Waals surface area contributed by atoms with Gasteiger partial charge in [0.25, 0.3) is 0 Å². The van der Waals surface area contributed by atoms with E-state index in [-0.39, 0.29) is 36.7 Å². The van der Waals surface area contributed by atoms with Gasteiger partial charge in [-0.15, -0.1) is 24.2 Å². The Morgan fingerprint density at radius 3 is 2.52 bits per heavy atom. The van der Waals surface area contributed by atoms with E-state index in [1.54, 1.807) is 0 Å². The smallest absolute Gasteiger partial charge is 0.243 e. The molecule has 0 spiro atoms. The summed E-state index contributed by atoms with van der Waals surface area (Å²) < 4.78 is 0. The van der Waals surface area contributed by atoms with Crippen LogP contribution >= 0.6 is 24.2 Å². The van der Waals surface area contributed by atoms with E-state index in [9.17, 15) is 9.59 Å². The molecule has 1 aliphatic rings. The maximum atomic E-state index is 12.1. The molecule has 2 rings (SSSR count). The number of benzene rings is 1. The molecule has 2 amide bonds. The van der Waals surface area contributed by atoms with Crippen LogP contribution in [-0.4, -0.2) is 29.7 Å². The number of rotatable bonds is 7. The minimum Gasteiger partial charge on any atom is -0.346 e. The van der Waals surface area contributed by atoms with Gasteiger partial charge in [0.05, 0.1) is 18.3 Å². The van der Waals surface area contributed by atoms with Crippen molar-refractivity contribution in [2.75, 3.05) is 11.9 Å². The van der Waals surface area contributed by atoms with Crippen LogP contribution in [0.4, 0.5) is 5.69 Å². The Kier molecular flexibility index (Phi) is 9.32. The van der Waals surface area contributed by atoms with E-state index < -0.39 is 6.04 Å². The van der Waals surface area contributed by atoms with E-state index in [0.29, 0.717) is 5.25 Å². The quantitative estimate of drug-likeness (QED) is 0.673. The van der Waals surface area contributed by atoms with E-state index in [2.05, 4.69) is 10.6 Å². The molecule has 1 saturated carbocycles. The third-order valence-corrected chi connectivity index (χ3v) is 5.62. The van der Waals surface area contributed by atoms with Gasteiger partial charge in [0.1, 0.15) is 0 Å². The maximum Gasteiger partial charge on any atom is 0.243 e. The van der Waals surface area contributed by atoms with Crippen LogP contribution in [0.5, 0.6) is 0 Å². The van der Waals surface area contributed by atoms with E-state index >= 15 is 0 Å². The molecule has 7 heteroatoms. The highest BCUT2D eigenvalue weighted by Crippen LogP contribution is 2.37. The molecule has 0 saturated heterocycles. The zero-order valence-corrected chi connectivity index (χ0v) is 16.4. The minimum atomic E-state index is -0.594. The topological polar surface area (TPSA) is 84.2 Å². The van der Waals surface area contributed by atoms with Crippen LogP contribution in [0.15, 0.2) is 29.2 Å². The molecule has 0 aliphatic heterocycles. The Bertz CT molecular complexity index is 577. The average Bonchev–Trinajstić information content (AvgIpc) is 3.06. The number of thioether (sulfide) groups is 1.